The molecule has 2 N–H and O–H groups in total. The van der Waals surface area contributed by atoms with Crippen molar-refractivity contribution >= 4 is 17.0 Å². The highest BCUT2D eigenvalue weighted by atomic mass is 16.4. The number of carbonyl (C=O) groups is 1. The molecule has 5 aromatic rings. The van der Waals surface area contributed by atoms with Crippen LogP contribution in [0.5, 0.6) is 0 Å². The third-order valence-corrected chi connectivity index (χ3v) is 6.26. The van der Waals surface area contributed by atoms with Gasteiger partial charge >= 0.3 is 0 Å². The first-order chi connectivity index (χ1) is 17.5. The molecule has 2 atom stereocenters. The molecular weight excluding hydrogens is 450 g/mol. The molecule has 3 aromatic heterocycles. The lowest BCUT2D eigenvalue weighted by atomic mass is 9.93. The maximum Gasteiger partial charge on any atom is 0.226 e. The van der Waals surface area contributed by atoms with E-state index in [1.165, 1.54) is 5.56 Å². The highest BCUT2D eigenvalue weighted by Crippen LogP contribution is 2.28. The van der Waals surface area contributed by atoms with Crippen molar-refractivity contribution < 1.29 is 14.3 Å². The molecule has 0 saturated heterocycles. The number of benzene rings is 2. The Labute approximate surface area is 209 Å². The van der Waals surface area contributed by atoms with Crippen molar-refractivity contribution in [2.75, 3.05) is 0 Å². The first-order valence-corrected chi connectivity index (χ1v) is 11.9. The van der Waals surface area contributed by atoms with Crippen LogP contribution in [0.3, 0.4) is 0 Å². The first-order valence-electron chi connectivity index (χ1n) is 11.9. The Balaban J connectivity index is 1.36. The maximum atomic E-state index is 13.2. The standard InChI is InChI=1S/C30H27N3O3/c1-19-8-10-24(20(2)16-19)29(21-6-4-3-5-7-21)33-28(34)17-23-9-11-26-25(32-23)18-27(36-26)30(35)22-12-14-31-15-13-22/h3-16,18,29-30,35H,17H2,1-2H3,(H,33,34)/t29-,30?/m0/s1. The second-order valence-electron chi connectivity index (χ2n) is 8.97. The van der Waals surface area contributed by atoms with Crippen molar-refractivity contribution in [2.24, 2.45) is 0 Å². The van der Waals surface area contributed by atoms with Gasteiger partial charge in [-0.05, 0) is 60.4 Å². The predicted octanol–water partition coefficient (Wildman–Crippen LogP) is 5.37. The second kappa shape index (κ2) is 10.1. The zero-order chi connectivity index (χ0) is 25.1. The lowest BCUT2D eigenvalue weighted by Gasteiger charge is -2.22. The predicted molar refractivity (Wildman–Crippen MR) is 138 cm³/mol. The molecule has 180 valence electrons. The van der Waals surface area contributed by atoms with Crippen LogP contribution in [0.25, 0.3) is 11.1 Å². The molecule has 1 unspecified atom stereocenters. The summed E-state index contributed by atoms with van der Waals surface area (Å²) < 4.78 is 5.81. The lowest BCUT2D eigenvalue weighted by molar-refractivity contribution is -0.121. The number of aliphatic hydroxyl groups excluding tert-OH is 1. The van der Waals surface area contributed by atoms with Gasteiger partial charge in [0.15, 0.2) is 5.58 Å². The lowest BCUT2D eigenvalue weighted by Crippen LogP contribution is -2.31. The van der Waals surface area contributed by atoms with E-state index in [9.17, 15) is 9.90 Å². The fourth-order valence-corrected chi connectivity index (χ4v) is 4.44. The number of aromatic nitrogens is 2. The number of rotatable bonds is 7. The number of pyridine rings is 2. The molecule has 0 bridgehead atoms. The molecule has 6 heteroatoms. The van der Waals surface area contributed by atoms with Crippen molar-refractivity contribution in [3.05, 3.63) is 131 Å². The summed E-state index contributed by atoms with van der Waals surface area (Å²) >= 11 is 0. The summed E-state index contributed by atoms with van der Waals surface area (Å²) in [5.41, 5.74) is 6.85. The number of furan rings is 1. The molecule has 1 amide bonds. The third-order valence-electron chi connectivity index (χ3n) is 6.26. The third kappa shape index (κ3) is 5.04. The monoisotopic (exact) mass is 477 g/mol. The highest BCUT2D eigenvalue weighted by Gasteiger charge is 2.20. The number of nitrogens with zero attached hydrogens (tertiary/aromatic N) is 2. The van der Waals surface area contributed by atoms with Gasteiger partial charge in [0.2, 0.25) is 5.91 Å². The van der Waals surface area contributed by atoms with E-state index in [0.717, 1.165) is 16.7 Å². The van der Waals surface area contributed by atoms with Gasteiger partial charge in [-0.2, -0.15) is 0 Å². The minimum atomic E-state index is -0.918. The van der Waals surface area contributed by atoms with E-state index in [4.69, 9.17) is 4.42 Å². The van der Waals surface area contributed by atoms with Gasteiger partial charge in [0, 0.05) is 18.5 Å². The average molecular weight is 478 g/mol. The first kappa shape index (κ1) is 23.5. The molecule has 0 aliphatic heterocycles. The number of carbonyl (C=O) groups excluding carboxylic acids is 1. The summed E-state index contributed by atoms with van der Waals surface area (Å²) in [5, 5.41) is 13.9. The number of hydrogen-bond donors (Lipinski definition) is 2. The van der Waals surface area contributed by atoms with Gasteiger partial charge in [0.1, 0.15) is 17.4 Å². The van der Waals surface area contributed by atoms with Gasteiger partial charge in [-0.1, -0.05) is 54.1 Å². The Morgan fingerprint density at radius 2 is 1.72 bits per heavy atom. The molecule has 36 heavy (non-hydrogen) atoms. The Kier molecular flexibility index (Phi) is 6.60. The number of aryl methyl sites for hydroxylation is 2. The quantitative estimate of drug-likeness (QED) is 0.329. The maximum absolute atomic E-state index is 13.2. The number of hydrogen-bond acceptors (Lipinski definition) is 5. The van der Waals surface area contributed by atoms with Crippen LogP contribution in [0, 0.1) is 13.8 Å². The Hall–Kier alpha value is -4.29. The van der Waals surface area contributed by atoms with E-state index in [1.807, 2.05) is 30.3 Å². The van der Waals surface area contributed by atoms with Crippen LogP contribution < -0.4 is 5.32 Å². The van der Waals surface area contributed by atoms with Crippen LogP contribution in [0.15, 0.2) is 95.7 Å². The van der Waals surface area contributed by atoms with Crippen LogP contribution in [-0.2, 0) is 11.2 Å². The molecule has 3 heterocycles. The fraction of sp³-hybridized carbons (Fsp3) is 0.167. The minimum Gasteiger partial charge on any atom is -0.456 e. The molecule has 0 radical (unpaired) electrons. The van der Waals surface area contributed by atoms with Crippen molar-refractivity contribution in [3.63, 3.8) is 0 Å². The van der Waals surface area contributed by atoms with Gasteiger partial charge in [-0.15, -0.1) is 0 Å². The highest BCUT2D eigenvalue weighted by molar-refractivity contribution is 5.80. The molecule has 0 saturated carbocycles. The summed E-state index contributed by atoms with van der Waals surface area (Å²) in [6.45, 7) is 4.13. The normalized spacial score (nSPS) is 12.9. The van der Waals surface area contributed by atoms with E-state index in [-0.39, 0.29) is 18.4 Å². The van der Waals surface area contributed by atoms with E-state index in [0.29, 0.717) is 28.1 Å². The zero-order valence-corrected chi connectivity index (χ0v) is 20.2. The summed E-state index contributed by atoms with van der Waals surface area (Å²) in [5.74, 6) is 0.264. The summed E-state index contributed by atoms with van der Waals surface area (Å²) in [7, 11) is 0. The number of nitrogens with one attached hydrogen (secondary N) is 1. The van der Waals surface area contributed by atoms with Gasteiger partial charge in [-0.25, -0.2) is 4.98 Å². The van der Waals surface area contributed by atoms with E-state index >= 15 is 0 Å². The molecule has 0 aliphatic rings. The topological polar surface area (TPSA) is 88.2 Å². The molecule has 0 aliphatic carbocycles. The van der Waals surface area contributed by atoms with E-state index in [2.05, 4.69) is 47.3 Å². The van der Waals surface area contributed by atoms with Gasteiger partial charge in [0.05, 0.1) is 18.2 Å². The van der Waals surface area contributed by atoms with Crippen LogP contribution in [0.1, 0.15) is 51.4 Å². The molecule has 5 rings (SSSR count). The minimum absolute atomic E-state index is 0.123. The average Bonchev–Trinajstić information content (AvgIpc) is 3.32. The van der Waals surface area contributed by atoms with Crippen LogP contribution in [0.4, 0.5) is 0 Å². The summed E-state index contributed by atoms with van der Waals surface area (Å²) in [4.78, 5) is 21.8. The van der Waals surface area contributed by atoms with Crippen molar-refractivity contribution in [3.8, 4) is 0 Å². The summed E-state index contributed by atoms with van der Waals surface area (Å²) in [6, 6.07) is 24.7. The van der Waals surface area contributed by atoms with Crippen molar-refractivity contribution in [1.82, 2.24) is 15.3 Å². The van der Waals surface area contributed by atoms with Crippen molar-refractivity contribution in [1.29, 1.82) is 0 Å². The SMILES string of the molecule is Cc1ccc([C@@H](NC(=O)Cc2ccc3oc(C(O)c4ccncc4)cc3n2)c2ccccc2)c(C)c1. The van der Waals surface area contributed by atoms with E-state index < -0.39 is 6.10 Å². The van der Waals surface area contributed by atoms with Crippen LogP contribution in [0.2, 0.25) is 0 Å². The molecular formula is C30H27N3O3. The zero-order valence-electron chi connectivity index (χ0n) is 20.2. The molecule has 6 nitrogen and oxygen atoms in total. The molecule has 2 aromatic carbocycles. The van der Waals surface area contributed by atoms with Crippen LogP contribution >= 0.6 is 0 Å². The largest absolute Gasteiger partial charge is 0.456 e. The van der Waals surface area contributed by atoms with E-state index in [1.54, 1.807) is 42.7 Å². The van der Waals surface area contributed by atoms with Crippen LogP contribution in [-0.4, -0.2) is 21.0 Å². The fourth-order valence-electron chi connectivity index (χ4n) is 4.44. The number of amides is 1. The number of aliphatic hydroxyl groups is 1. The van der Waals surface area contributed by atoms with Crippen molar-refractivity contribution in [2.45, 2.75) is 32.4 Å². The second-order valence-corrected chi connectivity index (χ2v) is 8.97. The number of fused-ring (bicyclic) bond motifs is 1. The summed E-state index contributed by atoms with van der Waals surface area (Å²) in [6.07, 6.45) is 2.45. The molecule has 0 spiro atoms. The van der Waals surface area contributed by atoms with Gasteiger partial charge < -0.3 is 14.8 Å². The molecule has 0 fully saturated rings. The smallest absolute Gasteiger partial charge is 0.226 e. The Morgan fingerprint density at radius 1 is 0.944 bits per heavy atom. The Morgan fingerprint density at radius 3 is 2.47 bits per heavy atom. The van der Waals surface area contributed by atoms with Gasteiger partial charge in [0.25, 0.3) is 0 Å². The van der Waals surface area contributed by atoms with Gasteiger partial charge in [-0.3, -0.25) is 9.78 Å². The Bertz CT molecular complexity index is 1500.